The molecule has 4 N–H and O–H groups in total. The number of carbonyl (C=O) groups is 1. The molecule has 1 amide bonds. The third-order valence-electron chi connectivity index (χ3n) is 2.45. The minimum absolute atomic E-state index is 0.211. The second-order valence-electron chi connectivity index (χ2n) is 3.85. The van der Waals surface area contributed by atoms with E-state index in [9.17, 15) is 4.79 Å². The van der Waals surface area contributed by atoms with Gasteiger partial charge in [0.25, 0.3) is 0 Å². The normalized spacial score (nSPS) is 12.2. The molecule has 0 aliphatic rings. The fourth-order valence-corrected chi connectivity index (χ4v) is 2.07. The first-order valence-electron chi connectivity index (χ1n) is 5.61. The summed E-state index contributed by atoms with van der Waals surface area (Å²) in [5, 5.41) is 0.922. The fraction of sp³-hybridized carbons (Fsp3) is 0.417. The van der Waals surface area contributed by atoms with Crippen molar-refractivity contribution in [3.05, 3.63) is 27.7 Å². The number of ether oxygens (including phenoxy) is 1. The van der Waals surface area contributed by atoms with Crippen LogP contribution in [0, 0.1) is 0 Å². The molecular weight excluding hydrogens is 275 g/mol. The van der Waals surface area contributed by atoms with Gasteiger partial charge in [-0.1, -0.05) is 23.2 Å². The lowest BCUT2D eigenvalue weighted by molar-refractivity contribution is -0.118. The molecule has 1 aromatic rings. The highest BCUT2D eigenvalue weighted by molar-refractivity contribution is 6.34. The third-order valence-corrected chi connectivity index (χ3v) is 3.07. The van der Waals surface area contributed by atoms with Crippen molar-refractivity contribution >= 4 is 29.1 Å². The molecule has 0 heterocycles. The van der Waals surface area contributed by atoms with E-state index < -0.39 is 5.91 Å². The summed E-state index contributed by atoms with van der Waals surface area (Å²) in [6, 6.07) is 2.92. The van der Waals surface area contributed by atoms with Crippen molar-refractivity contribution in [2.45, 2.75) is 25.8 Å². The van der Waals surface area contributed by atoms with Crippen LogP contribution in [0.4, 0.5) is 0 Å². The molecule has 1 atom stereocenters. The summed E-state index contributed by atoms with van der Waals surface area (Å²) in [4.78, 5) is 10.7. The topological polar surface area (TPSA) is 78.3 Å². The highest BCUT2D eigenvalue weighted by Crippen LogP contribution is 2.34. The van der Waals surface area contributed by atoms with E-state index in [1.165, 1.54) is 0 Å². The van der Waals surface area contributed by atoms with E-state index in [0.29, 0.717) is 34.4 Å². The Morgan fingerprint density at radius 1 is 1.39 bits per heavy atom. The summed E-state index contributed by atoms with van der Waals surface area (Å²) in [6.45, 7) is 2.36. The van der Waals surface area contributed by atoms with E-state index >= 15 is 0 Å². The summed E-state index contributed by atoms with van der Waals surface area (Å²) in [5.74, 6) is 0.133. The average Bonchev–Trinajstić information content (AvgIpc) is 2.30. The van der Waals surface area contributed by atoms with Gasteiger partial charge < -0.3 is 16.2 Å². The predicted molar refractivity (Wildman–Crippen MR) is 73.0 cm³/mol. The minimum atomic E-state index is -0.390. The second kappa shape index (κ2) is 6.83. The van der Waals surface area contributed by atoms with Crippen molar-refractivity contribution in [1.82, 2.24) is 0 Å². The molecule has 0 aliphatic carbocycles. The van der Waals surface area contributed by atoms with Gasteiger partial charge in [0.1, 0.15) is 5.75 Å². The molecule has 18 heavy (non-hydrogen) atoms. The van der Waals surface area contributed by atoms with Crippen LogP contribution < -0.4 is 16.2 Å². The lowest BCUT2D eigenvalue weighted by Crippen LogP contribution is -2.16. The van der Waals surface area contributed by atoms with Crippen LogP contribution in [-0.4, -0.2) is 12.5 Å². The van der Waals surface area contributed by atoms with Crippen LogP contribution >= 0.6 is 23.2 Å². The molecule has 1 rings (SSSR count). The van der Waals surface area contributed by atoms with Gasteiger partial charge in [-0.05, 0) is 25.0 Å². The van der Waals surface area contributed by atoms with E-state index in [-0.39, 0.29) is 12.5 Å². The maximum absolute atomic E-state index is 10.7. The molecule has 0 spiro atoms. The third kappa shape index (κ3) is 4.05. The standard InChI is InChI=1S/C12H16Cl2N2O2/c1-2-18-11-6-8(13)7(5-9(11)14)10(15)3-4-12(16)17/h5-6,10H,2-4,15H2,1H3,(H2,16,17). The van der Waals surface area contributed by atoms with Crippen molar-refractivity contribution < 1.29 is 9.53 Å². The molecule has 0 radical (unpaired) electrons. The number of benzene rings is 1. The van der Waals surface area contributed by atoms with E-state index in [2.05, 4.69) is 0 Å². The molecule has 1 aromatic carbocycles. The molecule has 0 fully saturated rings. The first-order valence-corrected chi connectivity index (χ1v) is 6.37. The maximum Gasteiger partial charge on any atom is 0.217 e. The number of rotatable bonds is 6. The van der Waals surface area contributed by atoms with Crippen LogP contribution in [0.25, 0.3) is 0 Å². The summed E-state index contributed by atoms with van der Waals surface area (Å²) in [6.07, 6.45) is 0.641. The summed E-state index contributed by atoms with van der Waals surface area (Å²) < 4.78 is 5.32. The Labute approximate surface area is 116 Å². The van der Waals surface area contributed by atoms with Crippen molar-refractivity contribution in [2.24, 2.45) is 11.5 Å². The number of nitrogens with two attached hydrogens (primary N) is 2. The summed E-state index contributed by atoms with van der Waals surface area (Å²) in [7, 11) is 0. The number of hydrogen-bond acceptors (Lipinski definition) is 3. The zero-order valence-corrected chi connectivity index (χ0v) is 11.6. The van der Waals surface area contributed by atoms with Crippen molar-refractivity contribution in [1.29, 1.82) is 0 Å². The second-order valence-corrected chi connectivity index (χ2v) is 4.66. The smallest absolute Gasteiger partial charge is 0.217 e. The zero-order chi connectivity index (χ0) is 13.7. The van der Waals surface area contributed by atoms with Gasteiger partial charge in [-0.2, -0.15) is 0 Å². The molecular formula is C12H16Cl2N2O2. The molecule has 100 valence electrons. The van der Waals surface area contributed by atoms with E-state index in [0.717, 1.165) is 0 Å². The van der Waals surface area contributed by atoms with Crippen LogP contribution in [0.15, 0.2) is 12.1 Å². The highest BCUT2D eigenvalue weighted by Gasteiger charge is 2.15. The number of halogens is 2. The molecule has 0 bridgehead atoms. The summed E-state index contributed by atoms with van der Waals surface area (Å²) >= 11 is 12.2. The van der Waals surface area contributed by atoms with Crippen molar-refractivity contribution in [3.8, 4) is 5.75 Å². The molecule has 1 unspecified atom stereocenters. The average molecular weight is 291 g/mol. The Bertz CT molecular complexity index is 438. The van der Waals surface area contributed by atoms with Gasteiger partial charge in [-0.15, -0.1) is 0 Å². The molecule has 0 saturated carbocycles. The molecule has 0 saturated heterocycles. The van der Waals surface area contributed by atoms with E-state index in [4.69, 9.17) is 39.4 Å². The number of primary amides is 1. The van der Waals surface area contributed by atoms with E-state index in [1.54, 1.807) is 12.1 Å². The zero-order valence-electron chi connectivity index (χ0n) is 10.1. The van der Waals surface area contributed by atoms with Gasteiger partial charge in [0.15, 0.2) is 0 Å². The van der Waals surface area contributed by atoms with Gasteiger partial charge in [-0.25, -0.2) is 0 Å². The van der Waals surface area contributed by atoms with Crippen LogP contribution in [0.2, 0.25) is 10.0 Å². The Morgan fingerprint density at radius 3 is 2.61 bits per heavy atom. The Morgan fingerprint density at radius 2 is 2.06 bits per heavy atom. The van der Waals surface area contributed by atoms with Gasteiger partial charge in [0.05, 0.1) is 11.6 Å². The number of carbonyl (C=O) groups excluding carboxylic acids is 1. The number of hydrogen-bond donors (Lipinski definition) is 2. The molecule has 0 aromatic heterocycles. The van der Waals surface area contributed by atoms with Crippen LogP contribution in [-0.2, 0) is 4.79 Å². The SMILES string of the molecule is CCOc1cc(Cl)c(C(N)CCC(N)=O)cc1Cl. The van der Waals surface area contributed by atoms with Gasteiger partial charge >= 0.3 is 0 Å². The summed E-state index contributed by atoms with van der Waals surface area (Å²) in [5.41, 5.74) is 11.7. The Kier molecular flexibility index (Phi) is 5.72. The van der Waals surface area contributed by atoms with Crippen LogP contribution in [0.5, 0.6) is 5.75 Å². The number of amides is 1. The van der Waals surface area contributed by atoms with Gasteiger partial charge in [-0.3, -0.25) is 4.79 Å². The minimum Gasteiger partial charge on any atom is -0.492 e. The molecule has 0 aliphatic heterocycles. The molecule has 4 nitrogen and oxygen atoms in total. The largest absolute Gasteiger partial charge is 0.492 e. The van der Waals surface area contributed by atoms with Gasteiger partial charge in [0, 0.05) is 23.6 Å². The van der Waals surface area contributed by atoms with E-state index in [1.807, 2.05) is 6.92 Å². The fourth-order valence-electron chi connectivity index (χ4n) is 1.55. The van der Waals surface area contributed by atoms with Crippen molar-refractivity contribution in [3.63, 3.8) is 0 Å². The maximum atomic E-state index is 10.7. The Hall–Kier alpha value is -0.970. The first-order chi connectivity index (χ1) is 8.45. The Balaban J connectivity index is 2.89. The lowest BCUT2D eigenvalue weighted by Gasteiger charge is -2.15. The van der Waals surface area contributed by atoms with Crippen LogP contribution in [0.1, 0.15) is 31.4 Å². The van der Waals surface area contributed by atoms with Gasteiger partial charge in [0.2, 0.25) is 5.91 Å². The highest BCUT2D eigenvalue weighted by atomic mass is 35.5. The molecule has 6 heteroatoms. The van der Waals surface area contributed by atoms with Crippen LogP contribution in [0.3, 0.4) is 0 Å². The quantitative estimate of drug-likeness (QED) is 0.845. The monoisotopic (exact) mass is 290 g/mol. The lowest BCUT2D eigenvalue weighted by atomic mass is 10.0. The van der Waals surface area contributed by atoms with Crippen molar-refractivity contribution in [2.75, 3.05) is 6.61 Å². The predicted octanol–water partition coefficient (Wildman–Crippen LogP) is 2.66. The first kappa shape index (κ1) is 15.1.